The zero-order valence-corrected chi connectivity index (χ0v) is 11.0. The van der Waals surface area contributed by atoms with Crippen LogP contribution in [0.2, 0.25) is 0 Å². The predicted octanol–water partition coefficient (Wildman–Crippen LogP) is 2.86. The highest BCUT2D eigenvalue weighted by atomic mass is 32.1. The molecule has 0 spiro atoms. The second kappa shape index (κ2) is 4.89. The van der Waals surface area contributed by atoms with Crippen molar-refractivity contribution >= 4 is 34.8 Å². The summed E-state index contributed by atoms with van der Waals surface area (Å²) in [5.74, 6) is 0.182. The van der Waals surface area contributed by atoms with Gasteiger partial charge in [-0.05, 0) is 49.3 Å². The number of anilines is 1. The number of rotatable bonds is 2. The SMILES string of the molecule is O=C(Nc1ccc2[nH]c(=S)[nH]c2c1)C1=CCCCO1. The van der Waals surface area contributed by atoms with Crippen molar-refractivity contribution in [2.75, 3.05) is 11.9 Å². The number of carbonyl (C=O) groups excluding carboxylic acids is 1. The molecule has 0 fully saturated rings. The molecule has 3 N–H and O–H groups in total. The number of hydrogen-bond acceptors (Lipinski definition) is 3. The minimum Gasteiger partial charge on any atom is -0.488 e. The molecule has 1 aromatic heterocycles. The van der Waals surface area contributed by atoms with Gasteiger partial charge in [-0.3, -0.25) is 4.79 Å². The number of carbonyl (C=O) groups is 1. The second-order valence-corrected chi connectivity index (χ2v) is 4.76. The van der Waals surface area contributed by atoms with E-state index in [9.17, 15) is 4.79 Å². The molecule has 1 aliphatic rings. The van der Waals surface area contributed by atoms with Gasteiger partial charge in [-0.15, -0.1) is 0 Å². The first-order valence-electron chi connectivity index (χ1n) is 6.09. The first-order valence-corrected chi connectivity index (χ1v) is 6.49. The van der Waals surface area contributed by atoms with E-state index in [1.165, 1.54) is 0 Å². The lowest BCUT2D eigenvalue weighted by atomic mass is 10.2. The van der Waals surface area contributed by atoms with Crippen LogP contribution >= 0.6 is 12.2 Å². The molecule has 98 valence electrons. The quantitative estimate of drug-likeness (QED) is 0.738. The van der Waals surface area contributed by atoms with E-state index in [2.05, 4.69) is 15.3 Å². The second-order valence-electron chi connectivity index (χ2n) is 4.35. The Kier molecular flexibility index (Phi) is 3.08. The van der Waals surface area contributed by atoms with Gasteiger partial charge in [0.05, 0.1) is 17.6 Å². The highest BCUT2D eigenvalue weighted by Crippen LogP contribution is 2.18. The highest BCUT2D eigenvalue weighted by Gasteiger charge is 2.14. The fourth-order valence-corrected chi connectivity index (χ4v) is 2.24. The number of ether oxygens (including phenoxy) is 1. The van der Waals surface area contributed by atoms with Gasteiger partial charge in [0, 0.05) is 5.69 Å². The number of nitrogens with one attached hydrogen (secondary N) is 3. The molecule has 0 bridgehead atoms. The lowest BCUT2D eigenvalue weighted by molar-refractivity contribution is -0.116. The van der Waals surface area contributed by atoms with Crippen LogP contribution in [0.1, 0.15) is 12.8 Å². The first kappa shape index (κ1) is 12.0. The van der Waals surface area contributed by atoms with Crippen molar-refractivity contribution in [3.05, 3.63) is 34.8 Å². The van der Waals surface area contributed by atoms with E-state index in [0.29, 0.717) is 22.8 Å². The average Bonchev–Trinajstić information content (AvgIpc) is 2.79. The molecule has 0 aliphatic carbocycles. The maximum absolute atomic E-state index is 12.0. The van der Waals surface area contributed by atoms with E-state index >= 15 is 0 Å². The summed E-state index contributed by atoms with van der Waals surface area (Å²) in [6.07, 6.45) is 3.66. The molecule has 0 unspecified atom stereocenters. The standard InChI is InChI=1S/C13H13N3O2S/c17-12(11-3-1-2-6-18-11)14-8-4-5-9-10(7-8)16-13(19)15-9/h3-5,7H,1-2,6H2,(H,14,17)(H2,15,16,19). The summed E-state index contributed by atoms with van der Waals surface area (Å²) in [7, 11) is 0. The average molecular weight is 275 g/mol. The molecule has 5 nitrogen and oxygen atoms in total. The Labute approximate surface area is 114 Å². The number of H-pyrrole nitrogens is 2. The van der Waals surface area contributed by atoms with Crippen LogP contribution in [0.4, 0.5) is 5.69 Å². The number of fused-ring (bicyclic) bond motifs is 1. The monoisotopic (exact) mass is 275 g/mol. The fraction of sp³-hybridized carbons (Fsp3) is 0.231. The molecular formula is C13H13N3O2S. The van der Waals surface area contributed by atoms with E-state index in [4.69, 9.17) is 17.0 Å². The summed E-state index contributed by atoms with van der Waals surface area (Å²) in [4.78, 5) is 18.0. The minimum absolute atomic E-state index is 0.215. The maximum atomic E-state index is 12.0. The van der Waals surface area contributed by atoms with Crippen molar-refractivity contribution in [1.82, 2.24) is 9.97 Å². The van der Waals surface area contributed by atoms with Gasteiger partial charge in [-0.25, -0.2) is 0 Å². The van der Waals surface area contributed by atoms with Crippen LogP contribution < -0.4 is 5.32 Å². The molecule has 1 aliphatic heterocycles. The Morgan fingerprint density at radius 3 is 2.95 bits per heavy atom. The molecular weight excluding hydrogens is 262 g/mol. The third kappa shape index (κ3) is 2.53. The molecule has 0 atom stereocenters. The Morgan fingerprint density at radius 2 is 2.16 bits per heavy atom. The molecule has 3 rings (SSSR count). The molecule has 2 heterocycles. The van der Waals surface area contributed by atoms with Gasteiger partial charge < -0.3 is 20.0 Å². The Hall–Kier alpha value is -2.08. The van der Waals surface area contributed by atoms with E-state index in [0.717, 1.165) is 23.9 Å². The van der Waals surface area contributed by atoms with Crippen molar-refractivity contribution in [3.8, 4) is 0 Å². The third-order valence-corrected chi connectivity index (χ3v) is 3.14. The lowest BCUT2D eigenvalue weighted by Gasteiger charge is -2.14. The van der Waals surface area contributed by atoms with E-state index in [1.54, 1.807) is 0 Å². The highest BCUT2D eigenvalue weighted by molar-refractivity contribution is 7.71. The molecule has 0 saturated heterocycles. The van der Waals surface area contributed by atoms with Crippen LogP contribution in [0.15, 0.2) is 30.0 Å². The lowest BCUT2D eigenvalue weighted by Crippen LogP contribution is -2.18. The smallest absolute Gasteiger partial charge is 0.290 e. The Balaban J connectivity index is 1.82. The fourth-order valence-electron chi connectivity index (χ4n) is 2.02. The molecule has 2 aromatic rings. The van der Waals surface area contributed by atoms with Gasteiger partial charge in [0.25, 0.3) is 5.91 Å². The van der Waals surface area contributed by atoms with Gasteiger partial charge in [0.1, 0.15) is 0 Å². The van der Waals surface area contributed by atoms with Gasteiger partial charge in [0.2, 0.25) is 0 Å². The van der Waals surface area contributed by atoms with Gasteiger partial charge in [-0.2, -0.15) is 0 Å². The van der Waals surface area contributed by atoms with Crippen molar-refractivity contribution in [2.45, 2.75) is 12.8 Å². The summed E-state index contributed by atoms with van der Waals surface area (Å²) in [6, 6.07) is 5.53. The summed E-state index contributed by atoms with van der Waals surface area (Å²) in [6.45, 7) is 0.600. The van der Waals surface area contributed by atoms with Crippen LogP contribution in [-0.2, 0) is 9.53 Å². The summed E-state index contributed by atoms with van der Waals surface area (Å²) in [5, 5.41) is 2.81. The Bertz CT molecular complexity index is 714. The van der Waals surface area contributed by atoms with Crippen LogP contribution in [-0.4, -0.2) is 22.5 Å². The van der Waals surface area contributed by atoms with Crippen molar-refractivity contribution in [1.29, 1.82) is 0 Å². The van der Waals surface area contributed by atoms with Crippen LogP contribution in [0.3, 0.4) is 0 Å². The minimum atomic E-state index is -0.215. The normalized spacial score (nSPS) is 14.8. The van der Waals surface area contributed by atoms with Gasteiger partial charge in [-0.1, -0.05) is 0 Å². The topological polar surface area (TPSA) is 69.9 Å². The largest absolute Gasteiger partial charge is 0.488 e. The predicted molar refractivity (Wildman–Crippen MR) is 75.4 cm³/mol. The van der Waals surface area contributed by atoms with Crippen LogP contribution in [0, 0.1) is 4.77 Å². The maximum Gasteiger partial charge on any atom is 0.290 e. The number of benzene rings is 1. The number of aromatic nitrogens is 2. The molecule has 0 radical (unpaired) electrons. The summed E-state index contributed by atoms with van der Waals surface area (Å²) >= 11 is 5.02. The summed E-state index contributed by atoms with van der Waals surface area (Å²) < 4.78 is 5.89. The van der Waals surface area contributed by atoms with Gasteiger partial charge in [0.15, 0.2) is 10.5 Å². The number of imidazole rings is 1. The molecule has 1 aromatic carbocycles. The van der Waals surface area contributed by atoms with Crippen molar-refractivity contribution < 1.29 is 9.53 Å². The Morgan fingerprint density at radius 1 is 1.32 bits per heavy atom. The molecule has 0 saturated carbocycles. The van der Waals surface area contributed by atoms with Crippen molar-refractivity contribution in [3.63, 3.8) is 0 Å². The van der Waals surface area contributed by atoms with Crippen molar-refractivity contribution in [2.24, 2.45) is 0 Å². The third-order valence-electron chi connectivity index (χ3n) is 2.93. The van der Waals surface area contributed by atoms with Crippen LogP contribution in [0.5, 0.6) is 0 Å². The zero-order valence-electron chi connectivity index (χ0n) is 10.2. The number of hydrogen-bond donors (Lipinski definition) is 3. The van der Waals surface area contributed by atoms with Gasteiger partial charge >= 0.3 is 0 Å². The molecule has 1 amide bonds. The molecule has 6 heteroatoms. The van der Waals surface area contributed by atoms with E-state index in [-0.39, 0.29) is 5.91 Å². The van der Waals surface area contributed by atoms with E-state index < -0.39 is 0 Å². The number of amides is 1. The van der Waals surface area contributed by atoms with E-state index in [1.807, 2.05) is 24.3 Å². The number of aromatic amines is 2. The molecule has 19 heavy (non-hydrogen) atoms. The zero-order chi connectivity index (χ0) is 13.2. The first-order chi connectivity index (χ1) is 9.22. The van der Waals surface area contributed by atoms with Crippen LogP contribution in [0.25, 0.3) is 11.0 Å². The number of allylic oxidation sites excluding steroid dienone is 1. The summed E-state index contributed by atoms with van der Waals surface area (Å²) in [5.41, 5.74) is 2.48.